The third-order valence-electron chi connectivity index (χ3n) is 1.73. The summed E-state index contributed by atoms with van der Waals surface area (Å²) < 4.78 is 26.2. The molecule has 1 atom stereocenters. The van der Waals surface area contributed by atoms with Crippen LogP contribution in [0.25, 0.3) is 0 Å². The summed E-state index contributed by atoms with van der Waals surface area (Å²) in [5.74, 6) is -1.99. The Morgan fingerprint density at radius 3 is 2.14 bits per heavy atom. The number of halogens is 2. The van der Waals surface area contributed by atoms with Crippen molar-refractivity contribution in [3.05, 3.63) is 39.4 Å². The van der Waals surface area contributed by atoms with Gasteiger partial charge in [-0.05, 0) is 6.92 Å². The molecule has 0 aliphatic rings. The second-order valence-electron chi connectivity index (χ2n) is 2.87. The van der Waals surface area contributed by atoms with Gasteiger partial charge in [-0.3, -0.25) is 10.1 Å². The van der Waals surface area contributed by atoms with Crippen molar-refractivity contribution in [2.75, 3.05) is 0 Å². The maximum Gasteiger partial charge on any atom is 0.275 e. The summed E-state index contributed by atoms with van der Waals surface area (Å²) in [7, 11) is 0. The fourth-order valence-electron chi connectivity index (χ4n) is 1.11. The van der Waals surface area contributed by atoms with Crippen molar-refractivity contribution < 1.29 is 13.7 Å². The zero-order valence-electron chi connectivity index (χ0n) is 7.33. The van der Waals surface area contributed by atoms with Crippen LogP contribution in [0.1, 0.15) is 18.5 Å². The van der Waals surface area contributed by atoms with E-state index in [2.05, 4.69) is 0 Å². The first kappa shape index (κ1) is 10.5. The lowest BCUT2D eigenvalue weighted by atomic mass is 10.1. The van der Waals surface area contributed by atoms with Crippen LogP contribution in [-0.4, -0.2) is 4.92 Å². The Bertz CT molecular complexity index is 357. The van der Waals surface area contributed by atoms with Crippen molar-refractivity contribution in [2.45, 2.75) is 13.0 Å². The molecule has 6 heteroatoms. The molecule has 1 unspecified atom stereocenters. The van der Waals surface area contributed by atoms with Gasteiger partial charge in [-0.15, -0.1) is 0 Å². The van der Waals surface area contributed by atoms with E-state index in [1.54, 1.807) is 0 Å². The van der Waals surface area contributed by atoms with E-state index in [0.29, 0.717) is 12.1 Å². The number of non-ortho nitro benzene ring substituents is 1. The molecular weight excluding hydrogens is 194 g/mol. The molecule has 0 spiro atoms. The fraction of sp³-hybridized carbons (Fsp3) is 0.250. The molecule has 0 saturated heterocycles. The molecule has 4 nitrogen and oxygen atoms in total. The molecule has 0 aromatic heterocycles. The lowest BCUT2D eigenvalue weighted by Crippen LogP contribution is -2.10. The van der Waals surface area contributed by atoms with Crippen LogP contribution in [0.5, 0.6) is 0 Å². The monoisotopic (exact) mass is 202 g/mol. The summed E-state index contributed by atoms with van der Waals surface area (Å²) >= 11 is 0. The Hall–Kier alpha value is -1.56. The zero-order valence-corrected chi connectivity index (χ0v) is 7.33. The Morgan fingerprint density at radius 1 is 1.43 bits per heavy atom. The molecule has 1 aromatic rings. The van der Waals surface area contributed by atoms with Crippen LogP contribution in [0.15, 0.2) is 12.1 Å². The van der Waals surface area contributed by atoms with Crippen LogP contribution in [0, 0.1) is 21.7 Å². The normalized spacial score (nSPS) is 12.6. The Balaban J connectivity index is 3.32. The van der Waals surface area contributed by atoms with Crippen LogP contribution in [0.3, 0.4) is 0 Å². The number of rotatable bonds is 2. The van der Waals surface area contributed by atoms with Gasteiger partial charge in [0.05, 0.1) is 17.1 Å². The smallest absolute Gasteiger partial charge is 0.275 e. The highest BCUT2D eigenvalue weighted by Gasteiger charge is 2.18. The quantitative estimate of drug-likeness (QED) is 0.588. The molecule has 0 aliphatic heterocycles. The summed E-state index contributed by atoms with van der Waals surface area (Å²) in [6.07, 6.45) is 0. The Morgan fingerprint density at radius 2 is 1.86 bits per heavy atom. The van der Waals surface area contributed by atoms with Crippen molar-refractivity contribution in [1.29, 1.82) is 0 Å². The summed E-state index contributed by atoms with van der Waals surface area (Å²) in [6.45, 7) is 1.40. The van der Waals surface area contributed by atoms with Gasteiger partial charge in [0, 0.05) is 11.6 Å². The molecular formula is C8H8F2N2O2. The standard InChI is InChI=1S/C8H8F2N2O2/c1-4(11)8-6(9)2-5(12(13)14)3-7(8)10/h2-4H,11H2,1H3. The number of nitrogens with zero attached hydrogens (tertiary/aromatic N) is 1. The molecule has 0 heterocycles. The predicted octanol–water partition coefficient (Wildman–Crippen LogP) is 1.89. The van der Waals surface area contributed by atoms with Crippen molar-refractivity contribution in [3.63, 3.8) is 0 Å². The van der Waals surface area contributed by atoms with Crippen LogP contribution >= 0.6 is 0 Å². The van der Waals surface area contributed by atoms with Crippen LogP contribution in [0.2, 0.25) is 0 Å². The van der Waals surface area contributed by atoms with E-state index in [1.807, 2.05) is 0 Å². The van der Waals surface area contributed by atoms with Gasteiger partial charge >= 0.3 is 0 Å². The third kappa shape index (κ3) is 1.85. The second kappa shape index (κ2) is 3.67. The Labute approximate surface area is 78.5 Å². The molecule has 2 N–H and O–H groups in total. The van der Waals surface area contributed by atoms with Crippen LogP contribution in [-0.2, 0) is 0 Å². The highest BCUT2D eigenvalue weighted by Crippen LogP contribution is 2.24. The maximum atomic E-state index is 13.1. The van der Waals surface area contributed by atoms with Gasteiger partial charge in [-0.25, -0.2) is 8.78 Å². The number of nitro benzene ring substituents is 1. The first-order valence-corrected chi connectivity index (χ1v) is 3.82. The molecule has 0 aliphatic carbocycles. The SMILES string of the molecule is CC(N)c1c(F)cc([N+](=O)[O-])cc1F. The molecule has 1 rings (SSSR count). The predicted molar refractivity (Wildman–Crippen MR) is 45.6 cm³/mol. The summed E-state index contributed by atoms with van der Waals surface area (Å²) in [4.78, 5) is 9.36. The van der Waals surface area contributed by atoms with Gasteiger partial charge in [0.2, 0.25) is 0 Å². The highest BCUT2D eigenvalue weighted by molar-refractivity contribution is 5.36. The van der Waals surface area contributed by atoms with Crippen molar-refractivity contribution in [1.82, 2.24) is 0 Å². The van der Waals surface area contributed by atoms with Crippen LogP contribution in [0.4, 0.5) is 14.5 Å². The van der Waals surface area contributed by atoms with Gasteiger partial charge in [-0.1, -0.05) is 0 Å². The summed E-state index contributed by atoms with van der Waals surface area (Å²) in [5.41, 5.74) is 4.33. The molecule has 0 fully saturated rings. The summed E-state index contributed by atoms with van der Waals surface area (Å²) in [6, 6.07) is 0.472. The molecule has 14 heavy (non-hydrogen) atoms. The van der Waals surface area contributed by atoms with E-state index in [-0.39, 0.29) is 5.56 Å². The maximum absolute atomic E-state index is 13.1. The highest BCUT2D eigenvalue weighted by atomic mass is 19.1. The molecule has 0 saturated carbocycles. The average Bonchev–Trinajstić information content (AvgIpc) is 2.01. The molecule has 1 aromatic carbocycles. The lowest BCUT2D eigenvalue weighted by Gasteiger charge is -2.07. The largest absolute Gasteiger partial charge is 0.324 e. The number of nitro groups is 1. The van der Waals surface area contributed by atoms with Gasteiger partial charge in [0.15, 0.2) is 0 Å². The molecule has 0 radical (unpaired) electrons. The number of benzene rings is 1. The van der Waals surface area contributed by atoms with Crippen molar-refractivity contribution >= 4 is 5.69 Å². The molecule has 76 valence electrons. The minimum atomic E-state index is -0.994. The minimum Gasteiger partial charge on any atom is -0.324 e. The first-order valence-electron chi connectivity index (χ1n) is 3.82. The van der Waals surface area contributed by atoms with Gasteiger partial charge in [-0.2, -0.15) is 0 Å². The van der Waals surface area contributed by atoms with E-state index < -0.39 is 28.3 Å². The number of nitrogens with two attached hydrogens (primary N) is 1. The van der Waals surface area contributed by atoms with Gasteiger partial charge in [0.25, 0.3) is 5.69 Å². The van der Waals surface area contributed by atoms with Crippen molar-refractivity contribution in [3.8, 4) is 0 Å². The topological polar surface area (TPSA) is 69.2 Å². The van der Waals surface area contributed by atoms with Crippen molar-refractivity contribution in [2.24, 2.45) is 5.73 Å². The van der Waals surface area contributed by atoms with E-state index in [1.165, 1.54) is 6.92 Å². The minimum absolute atomic E-state index is 0.337. The zero-order chi connectivity index (χ0) is 10.9. The first-order chi connectivity index (χ1) is 6.43. The van der Waals surface area contributed by atoms with Gasteiger partial charge < -0.3 is 5.73 Å². The number of hydrogen-bond acceptors (Lipinski definition) is 3. The number of hydrogen-bond donors (Lipinski definition) is 1. The van der Waals surface area contributed by atoms with E-state index in [0.717, 1.165) is 0 Å². The van der Waals surface area contributed by atoms with Crippen LogP contribution < -0.4 is 5.73 Å². The molecule has 0 amide bonds. The van der Waals surface area contributed by atoms with E-state index in [9.17, 15) is 18.9 Å². The second-order valence-corrected chi connectivity index (χ2v) is 2.87. The third-order valence-corrected chi connectivity index (χ3v) is 1.73. The van der Waals surface area contributed by atoms with E-state index >= 15 is 0 Å². The Kier molecular flexibility index (Phi) is 2.76. The molecule has 0 bridgehead atoms. The average molecular weight is 202 g/mol. The lowest BCUT2D eigenvalue weighted by molar-refractivity contribution is -0.385. The van der Waals surface area contributed by atoms with Gasteiger partial charge in [0.1, 0.15) is 11.6 Å². The fourth-order valence-corrected chi connectivity index (χ4v) is 1.11. The van der Waals surface area contributed by atoms with E-state index in [4.69, 9.17) is 5.73 Å². The summed E-state index contributed by atoms with van der Waals surface area (Å²) in [5, 5.41) is 10.2.